The van der Waals surface area contributed by atoms with Crippen molar-refractivity contribution in [2.45, 2.75) is 57.0 Å². The third kappa shape index (κ3) is 4.24. The first-order valence-electron chi connectivity index (χ1n) is 11.8. The van der Waals surface area contributed by atoms with E-state index in [1.54, 1.807) is 11.0 Å². The molecule has 172 valence electrons. The van der Waals surface area contributed by atoms with Gasteiger partial charge in [-0.1, -0.05) is 55.1 Å². The van der Waals surface area contributed by atoms with Crippen molar-refractivity contribution >= 4 is 40.1 Å². The number of benzene rings is 2. The van der Waals surface area contributed by atoms with E-state index in [4.69, 9.17) is 16.6 Å². The summed E-state index contributed by atoms with van der Waals surface area (Å²) >= 11 is 6.37. The second-order valence-electron chi connectivity index (χ2n) is 9.20. The van der Waals surface area contributed by atoms with Crippen LogP contribution in [0.5, 0.6) is 0 Å². The van der Waals surface area contributed by atoms with Gasteiger partial charge in [0.15, 0.2) is 0 Å². The Morgan fingerprint density at radius 1 is 1.09 bits per heavy atom. The van der Waals surface area contributed by atoms with Crippen LogP contribution in [0.1, 0.15) is 50.3 Å². The molecule has 2 amide bonds. The zero-order chi connectivity index (χ0) is 22.9. The Kier molecular flexibility index (Phi) is 6.11. The molecule has 0 bridgehead atoms. The van der Waals surface area contributed by atoms with E-state index < -0.39 is 0 Å². The normalized spacial score (nSPS) is 19.4. The van der Waals surface area contributed by atoms with Crippen molar-refractivity contribution in [3.8, 4) is 0 Å². The lowest BCUT2D eigenvalue weighted by molar-refractivity contribution is -0.133. The minimum atomic E-state index is -0.103. The number of fused-ring (bicyclic) bond motifs is 1. The zero-order valence-corrected chi connectivity index (χ0v) is 19.7. The van der Waals surface area contributed by atoms with Gasteiger partial charge in [0.2, 0.25) is 11.8 Å². The van der Waals surface area contributed by atoms with E-state index in [2.05, 4.69) is 0 Å². The first-order valence-corrected chi connectivity index (χ1v) is 12.2. The zero-order valence-electron chi connectivity index (χ0n) is 18.9. The fourth-order valence-electron chi connectivity index (χ4n) is 5.27. The Balaban J connectivity index is 1.44. The van der Waals surface area contributed by atoms with E-state index in [0.29, 0.717) is 24.0 Å². The molecule has 1 aliphatic carbocycles. The van der Waals surface area contributed by atoms with Crippen LogP contribution < -0.4 is 4.90 Å². The molecule has 0 spiro atoms. The Labute approximate surface area is 199 Å². The summed E-state index contributed by atoms with van der Waals surface area (Å²) in [7, 11) is 1.93. The highest BCUT2D eigenvalue weighted by Crippen LogP contribution is 2.36. The number of anilines is 1. The maximum atomic E-state index is 13.3. The second kappa shape index (κ2) is 9.18. The van der Waals surface area contributed by atoms with Gasteiger partial charge in [-0.25, -0.2) is 4.98 Å². The van der Waals surface area contributed by atoms with Crippen LogP contribution in [0.15, 0.2) is 48.5 Å². The third-order valence-electron chi connectivity index (χ3n) is 7.13. The summed E-state index contributed by atoms with van der Waals surface area (Å²) < 4.78 is 2.02. The van der Waals surface area contributed by atoms with E-state index in [-0.39, 0.29) is 24.3 Å². The molecule has 0 N–H and O–H groups in total. The van der Waals surface area contributed by atoms with Gasteiger partial charge in [0.05, 0.1) is 21.7 Å². The summed E-state index contributed by atoms with van der Waals surface area (Å²) in [6, 6.07) is 15.6. The van der Waals surface area contributed by atoms with Gasteiger partial charge >= 0.3 is 0 Å². The number of carbonyl (C=O) groups excluding carboxylic acids is 2. The number of carbonyl (C=O) groups is 2. The molecule has 1 aliphatic heterocycles. The molecule has 1 aromatic heterocycles. The summed E-state index contributed by atoms with van der Waals surface area (Å²) in [5.74, 6) is 0.814. The maximum Gasteiger partial charge on any atom is 0.242 e. The van der Waals surface area contributed by atoms with Crippen LogP contribution in [0.25, 0.3) is 11.0 Å². The first-order chi connectivity index (χ1) is 16.0. The third-order valence-corrected chi connectivity index (χ3v) is 7.45. The molecule has 1 saturated carbocycles. The molecule has 5 rings (SSSR count). The van der Waals surface area contributed by atoms with E-state index in [1.165, 1.54) is 19.3 Å². The molecule has 2 aliphatic rings. The minimum Gasteiger partial charge on any atom is -0.341 e. The summed E-state index contributed by atoms with van der Waals surface area (Å²) in [4.78, 5) is 34.8. The van der Waals surface area contributed by atoms with Crippen LogP contribution in [0.3, 0.4) is 0 Å². The van der Waals surface area contributed by atoms with Gasteiger partial charge in [0.1, 0.15) is 12.4 Å². The second-order valence-corrected chi connectivity index (χ2v) is 9.61. The highest BCUT2D eigenvalue weighted by Gasteiger charge is 2.36. The van der Waals surface area contributed by atoms with Crippen molar-refractivity contribution in [2.24, 2.45) is 0 Å². The number of rotatable bonds is 5. The molecule has 1 atom stereocenters. The smallest absolute Gasteiger partial charge is 0.242 e. The fraction of sp³-hybridized carbons (Fsp3) is 0.423. The van der Waals surface area contributed by atoms with Gasteiger partial charge in [0, 0.05) is 32.0 Å². The Morgan fingerprint density at radius 2 is 1.82 bits per heavy atom. The average Bonchev–Trinajstić information content (AvgIpc) is 3.40. The van der Waals surface area contributed by atoms with Crippen LogP contribution in [0.4, 0.5) is 5.69 Å². The van der Waals surface area contributed by atoms with E-state index >= 15 is 0 Å². The standard InChI is InChI=1S/C26H29ClN4O2/c1-29(19-9-3-2-4-10-19)25(33)17-31-23-14-8-6-12-21(23)28-26(31)18-15-24(32)30(16-18)22-13-7-5-11-20(22)27/h5-8,11-14,18-19H,2-4,9-10,15-17H2,1H3. The van der Waals surface area contributed by atoms with Crippen molar-refractivity contribution in [1.82, 2.24) is 14.5 Å². The lowest BCUT2D eigenvalue weighted by atomic mass is 9.94. The SMILES string of the molecule is CN(C(=O)Cn1c(C2CC(=O)N(c3ccccc3Cl)C2)nc2ccccc21)C1CCCCC1. The number of para-hydroxylation sites is 3. The summed E-state index contributed by atoms with van der Waals surface area (Å²) in [5, 5.41) is 0.560. The topological polar surface area (TPSA) is 58.4 Å². The summed E-state index contributed by atoms with van der Waals surface area (Å²) in [6.07, 6.45) is 6.12. The lowest BCUT2D eigenvalue weighted by Gasteiger charge is -2.31. The number of hydrogen-bond donors (Lipinski definition) is 0. The Bertz CT molecular complexity index is 1180. The molecule has 3 aromatic rings. The predicted octanol–water partition coefficient (Wildman–Crippen LogP) is 5.00. The number of likely N-dealkylation sites (N-methyl/N-ethyl adjacent to an activating group) is 1. The molecular weight excluding hydrogens is 436 g/mol. The van der Waals surface area contributed by atoms with E-state index in [0.717, 1.165) is 35.4 Å². The molecule has 2 fully saturated rings. The number of aromatic nitrogens is 2. The van der Waals surface area contributed by atoms with Crippen molar-refractivity contribution in [2.75, 3.05) is 18.5 Å². The van der Waals surface area contributed by atoms with Crippen LogP contribution in [-0.4, -0.2) is 45.9 Å². The largest absolute Gasteiger partial charge is 0.341 e. The van der Waals surface area contributed by atoms with Gasteiger partial charge in [0.25, 0.3) is 0 Å². The van der Waals surface area contributed by atoms with Gasteiger partial charge < -0.3 is 14.4 Å². The first kappa shape index (κ1) is 22.0. The van der Waals surface area contributed by atoms with Crippen molar-refractivity contribution in [3.05, 3.63) is 59.4 Å². The highest BCUT2D eigenvalue weighted by molar-refractivity contribution is 6.33. The molecule has 1 saturated heterocycles. The fourth-order valence-corrected chi connectivity index (χ4v) is 5.51. The van der Waals surface area contributed by atoms with Crippen molar-refractivity contribution in [3.63, 3.8) is 0 Å². The number of halogens is 1. The molecule has 0 radical (unpaired) electrons. The van der Waals surface area contributed by atoms with Crippen LogP contribution in [0, 0.1) is 0 Å². The molecular formula is C26H29ClN4O2. The van der Waals surface area contributed by atoms with Gasteiger partial charge in [-0.2, -0.15) is 0 Å². The molecule has 33 heavy (non-hydrogen) atoms. The van der Waals surface area contributed by atoms with Crippen LogP contribution in [0.2, 0.25) is 5.02 Å². The quantitative estimate of drug-likeness (QED) is 0.533. The Morgan fingerprint density at radius 3 is 2.61 bits per heavy atom. The van der Waals surface area contributed by atoms with Crippen molar-refractivity contribution in [1.29, 1.82) is 0 Å². The minimum absolute atomic E-state index is 0.0253. The number of nitrogens with zero attached hydrogens (tertiary/aromatic N) is 4. The van der Waals surface area contributed by atoms with Crippen LogP contribution in [-0.2, 0) is 16.1 Å². The van der Waals surface area contributed by atoms with Gasteiger partial charge in [-0.15, -0.1) is 0 Å². The highest BCUT2D eigenvalue weighted by atomic mass is 35.5. The Hall–Kier alpha value is -2.86. The predicted molar refractivity (Wildman–Crippen MR) is 131 cm³/mol. The van der Waals surface area contributed by atoms with E-state index in [9.17, 15) is 9.59 Å². The molecule has 1 unspecified atom stereocenters. The number of amides is 2. The molecule has 6 nitrogen and oxygen atoms in total. The molecule has 7 heteroatoms. The van der Waals surface area contributed by atoms with Gasteiger partial charge in [-0.05, 0) is 37.1 Å². The van der Waals surface area contributed by atoms with Crippen molar-refractivity contribution < 1.29 is 9.59 Å². The van der Waals surface area contributed by atoms with E-state index in [1.807, 2.05) is 59.0 Å². The summed E-state index contributed by atoms with van der Waals surface area (Å²) in [6.45, 7) is 0.734. The number of hydrogen-bond acceptors (Lipinski definition) is 3. The molecule has 2 aromatic carbocycles. The number of imidazole rings is 1. The lowest BCUT2D eigenvalue weighted by Crippen LogP contribution is -2.40. The monoisotopic (exact) mass is 464 g/mol. The van der Waals surface area contributed by atoms with Crippen LogP contribution >= 0.6 is 11.6 Å². The summed E-state index contributed by atoms with van der Waals surface area (Å²) in [5.41, 5.74) is 2.51. The average molecular weight is 465 g/mol. The van der Waals surface area contributed by atoms with Gasteiger partial charge in [-0.3, -0.25) is 9.59 Å². The maximum absolute atomic E-state index is 13.3. The molecule has 2 heterocycles.